The summed E-state index contributed by atoms with van der Waals surface area (Å²) in [5, 5.41) is 5.34. The van der Waals surface area contributed by atoms with Crippen molar-refractivity contribution in [3.05, 3.63) is 16.6 Å². The van der Waals surface area contributed by atoms with Crippen LogP contribution < -0.4 is 5.32 Å². The Morgan fingerprint density at radius 3 is 3.06 bits per heavy atom. The summed E-state index contributed by atoms with van der Waals surface area (Å²) in [5.41, 5.74) is 2.66. The monoisotopic (exact) mass is 265 g/mol. The molecule has 1 amide bonds. The molecule has 0 bridgehead atoms. The number of hydrogen-bond acceptors (Lipinski definition) is 4. The van der Waals surface area contributed by atoms with Gasteiger partial charge in [-0.1, -0.05) is 0 Å². The molecule has 1 aromatic heterocycles. The number of amides is 1. The zero-order valence-electron chi connectivity index (χ0n) is 10.5. The number of likely N-dealkylation sites (tertiary alicyclic amines) is 1. The van der Waals surface area contributed by atoms with Crippen LogP contribution in [0.2, 0.25) is 0 Å². The van der Waals surface area contributed by atoms with Gasteiger partial charge in [0, 0.05) is 30.4 Å². The van der Waals surface area contributed by atoms with Crippen LogP contribution in [0.15, 0.2) is 10.9 Å². The molecule has 2 aliphatic heterocycles. The van der Waals surface area contributed by atoms with E-state index in [9.17, 15) is 4.79 Å². The molecular weight excluding hydrogens is 246 g/mol. The van der Waals surface area contributed by atoms with E-state index in [0.717, 1.165) is 32.6 Å². The normalized spacial score (nSPS) is 28.6. The first-order valence-electron chi connectivity index (χ1n) is 6.67. The van der Waals surface area contributed by atoms with E-state index < -0.39 is 0 Å². The number of nitrogens with zero attached hydrogens (tertiary/aromatic N) is 2. The third-order valence-electron chi connectivity index (χ3n) is 4.16. The lowest BCUT2D eigenvalue weighted by Crippen LogP contribution is -2.52. The van der Waals surface area contributed by atoms with Gasteiger partial charge in [-0.2, -0.15) is 0 Å². The maximum atomic E-state index is 12.3. The van der Waals surface area contributed by atoms with Crippen LogP contribution >= 0.6 is 11.3 Å². The van der Waals surface area contributed by atoms with Crippen LogP contribution in [0, 0.1) is 5.41 Å². The molecule has 4 nitrogen and oxygen atoms in total. The van der Waals surface area contributed by atoms with Gasteiger partial charge in [0.15, 0.2) is 0 Å². The number of carbonyl (C=O) groups is 1. The summed E-state index contributed by atoms with van der Waals surface area (Å²) in [6.45, 7) is 3.98. The Balaban J connectivity index is 1.72. The summed E-state index contributed by atoms with van der Waals surface area (Å²) < 4.78 is 0. The Kier molecular flexibility index (Phi) is 3.35. The molecule has 1 spiro atoms. The third kappa shape index (κ3) is 2.29. The SMILES string of the molecule is O=C(c1cscn1)N1CCCC2(CCCNC2)C1. The predicted molar refractivity (Wildman–Crippen MR) is 71.8 cm³/mol. The molecule has 18 heavy (non-hydrogen) atoms. The van der Waals surface area contributed by atoms with Crippen molar-refractivity contribution in [2.75, 3.05) is 26.2 Å². The first kappa shape index (κ1) is 12.1. The molecule has 1 atom stereocenters. The summed E-state index contributed by atoms with van der Waals surface area (Å²) in [7, 11) is 0. The molecule has 0 aromatic carbocycles. The van der Waals surface area contributed by atoms with Crippen molar-refractivity contribution in [3.63, 3.8) is 0 Å². The van der Waals surface area contributed by atoms with E-state index in [4.69, 9.17) is 0 Å². The van der Waals surface area contributed by atoms with Crippen LogP contribution in [0.4, 0.5) is 0 Å². The summed E-state index contributed by atoms with van der Waals surface area (Å²) >= 11 is 1.49. The minimum atomic E-state index is 0.112. The summed E-state index contributed by atoms with van der Waals surface area (Å²) in [5.74, 6) is 0.112. The Labute approximate surface area is 111 Å². The van der Waals surface area contributed by atoms with Gasteiger partial charge in [0.2, 0.25) is 0 Å². The Morgan fingerprint density at radius 1 is 1.44 bits per heavy atom. The van der Waals surface area contributed by atoms with Gasteiger partial charge < -0.3 is 10.2 Å². The summed E-state index contributed by atoms with van der Waals surface area (Å²) in [6.07, 6.45) is 4.86. The second-order valence-electron chi connectivity index (χ2n) is 5.48. The van der Waals surface area contributed by atoms with Crippen LogP contribution in [-0.2, 0) is 0 Å². The first-order chi connectivity index (χ1) is 8.79. The molecule has 2 fully saturated rings. The Bertz CT molecular complexity index is 406. The van der Waals surface area contributed by atoms with Gasteiger partial charge in [-0.25, -0.2) is 4.98 Å². The van der Waals surface area contributed by atoms with Gasteiger partial charge >= 0.3 is 0 Å². The zero-order chi connectivity index (χ0) is 12.4. The highest BCUT2D eigenvalue weighted by molar-refractivity contribution is 7.07. The molecule has 98 valence electrons. The van der Waals surface area contributed by atoms with E-state index in [1.54, 1.807) is 5.51 Å². The predicted octanol–water partition coefficient (Wildman–Crippen LogP) is 1.75. The number of piperidine rings is 2. The summed E-state index contributed by atoms with van der Waals surface area (Å²) in [4.78, 5) is 18.5. The van der Waals surface area contributed by atoms with E-state index in [1.165, 1.54) is 30.6 Å². The van der Waals surface area contributed by atoms with Crippen LogP contribution in [0.1, 0.15) is 36.2 Å². The minimum absolute atomic E-state index is 0.112. The lowest BCUT2D eigenvalue weighted by Gasteiger charge is -2.45. The molecule has 2 aliphatic rings. The van der Waals surface area contributed by atoms with Crippen molar-refractivity contribution in [1.29, 1.82) is 0 Å². The summed E-state index contributed by atoms with van der Waals surface area (Å²) in [6, 6.07) is 0. The second kappa shape index (κ2) is 4.97. The highest BCUT2D eigenvalue weighted by atomic mass is 32.1. The number of thiazole rings is 1. The second-order valence-corrected chi connectivity index (χ2v) is 6.20. The smallest absolute Gasteiger partial charge is 0.273 e. The average Bonchev–Trinajstić information content (AvgIpc) is 2.93. The standard InChI is InChI=1S/C13H19N3OS/c17-12(11-7-18-10-15-11)16-6-2-4-13(9-16)3-1-5-14-8-13/h7,10,14H,1-6,8-9H2. The van der Waals surface area contributed by atoms with Gasteiger partial charge in [0.05, 0.1) is 5.51 Å². The van der Waals surface area contributed by atoms with Crippen molar-refractivity contribution in [1.82, 2.24) is 15.2 Å². The lowest BCUT2D eigenvalue weighted by molar-refractivity contribution is 0.0430. The quantitative estimate of drug-likeness (QED) is 0.841. The van der Waals surface area contributed by atoms with Crippen molar-refractivity contribution in [3.8, 4) is 0 Å². The fourth-order valence-electron chi connectivity index (χ4n) is 3.24. The Hall–Kier alpha value is -0.940. The van der Waals surface area contributed by atoms with E-state index in [0.29, 0.717) is 11.1 Å². The highest BCUT2D eigenvalue weighted by Gasteiger charge is 2.38. The average molecular weight is 265 g/mol. The van der Waals surface area contributed by atoms with Gasteiger partial charge in [0.1, 0.15) is 5.69 Å². The number of nitrogens with one attached hydrogen (secondary N) is 1. The first-order valence-corrected chi connectivity index (χ1v) is 7.62. The van der Waals surface area contributed by atoms with Crippen molar-refractivity contribution in [2.24, 2.45) is 5.41 Å². The van der Waals surface area contributed by atoms with Crippen molar-refractivity contribution >= 4 is 17.2 Å². The number of aromatic nitrogens is 1. The minimum Gasteiger partial charge on any atom is -0.337 e. The van der Waals surface area contributed by atoms with Crippen molar-refractivity contribution in [2.45, 2.75) is 25.7 Å². The van der Waals surface area contributed by atoms with Crippen LogP contribution in [-0.4, -0.2) is 42.0 Å². The van der Waals surface area contributed by atoms with Gasteiger partial charge in [0.25, 0.3) is 5.91 Å². The van der Waals surface area contributed by atoms with E-state index in [2.05, 4.69) is 10.3 Å². The number of hydrogen-bond donors (Lipinski definition) is 1. The highest BCUT2D eigenvalue weighted by Crippen LogP contribution is 2.36. The van der Waals surface area contributed by atoms with Gasteiger partial charge in [-0.05, 0) is 32.2 Å². The molecule has 5 heteroatoms. The van der Waals surface area contributed by atoms with Crippen LogP contribution in [0.3, 0.4) is 0 Å². The van der Waals surface area contributed by atoms with Crippen molar-refractivity contribution < 1.29 is 4.79 Å². The van der Waals surface area contributed by atoms with E-state index in [-0.39, 0.29) is 5.91 Å². The number of carbonyl (C=O) groups excluding carboxylic acids is 1. The lowest BCUT2D eigenvalue weighted by atomic mass is 9.74. The molecule has 3 heterocycles. The van der Waals surface area contributed by atoms with E-state index in [1.807, 2.05) is 10.3 Å². The van der Waals surface area contributed by atoms with Crippen LogP contribution in [0.25, 0.3) is 0 Å². The molecule has 1 unspecified atom stereocenters. The molecular formula is C13H19N3OS. The third-order valence-corrected chi connectivity index (χ3v) is 4.75. The molecule has 0 radical (unpaired) electrons. The maximum Gasteiger partial charge on any atom is 0.273 e. The molecule has 0 aliphatic carbocycles. The van der Waals surface area contributed by atoms with Crippen LogP contribution in [0.5, 0.6) is 0 Å². The molecule has 3 rings (SSSR count). The topological polar surface area (TPSA) is 45.2 Å². The Morgan fingerprint density at radius 2 is 2.33 bits per heavy atom. The number of rotatable bonds is 1. The molecule has 2 saturated heterocycles. The van der Waals surface area contributed by atoms with Gasteiger partial charge in [-0.15, -0.1) is 11.3 Å². The maximum absolute atomic E-state index is 12.3. The van der Waals surface area contributed by atoms with Gasteiger partial charge in [-0.3, -0.25) is 4.79 Å². The molecule has 0 saturated carbocycles. The fraction of sp³-hybridized carbons (Fsp3) is 0.692. The van der Waals surface area contributed by atoms with E-state index >= 15 is 0 Å². The zero-order valence-corrected chi connectivity index (χ0v) is 11.3. The largest absolute Gasteiger partial charge is 0.337 e. The molecule has 1 aromatic rings. The fourth-order valence-corrected chi connectivity index (χ4v) is 3.77. The molecule has 1 N–H and O–H groups in total.